The first-order chi connectivity index (χ1) is 13.5. The summed E-state index contributed by atoms with van der Waals surface area (Å²) in [6.07, 6.45) is -1.52. The van der Waals surface area contributed by atoms with Crippen molar-refractivity contribution in [1.82, 2.24) is 9.69 Å². The van der Waals surface area contributed by atoms with Gasteiger partial charge in [0.1, 0.15) is 15.2 Å². The highest BCUT2D eigenvalue weighted by molar-refractivity contribution is 7.11. The number of hydrogen-bond acceptors (Lipinski definition) is 5. The van der Waals surface area contributed by atoms with Crippen LogP contribution in [0.3, 0.4) is 0 Å². The van der Waals surface area contributed by atoms with Crippen LogP contribution in [0.5, 0.6) is 0 Å². The Morgan fingerprint density at radius 3 is 2.43 bits per heavy atom. The first-order valence-electron chi connectivity index (χ1n) is 8.05. The number of hydrogen-bond donors (Lipinski definition) is 1. The fraction of sp³-hybridized carbons (Fsp3) is 0.105. The van der Waals surface area contributed by atoms with E-state index in [0.717, 1.165) is 17.1 Å². The van der Waals surface area contributed by atoms with E-state index in [1.54, 1.807) is 0 Å². The minimum Gasteiger partial charge on any atom is -0.442 e. The van der Waals surface area contributed by atoms with Crippen molar-refractivity contribution in [2.45, 2.75) is 12.6 Å². The number of carbonyl (C=O) groups excluding carboxylic acids is 2. The lowest BCUT2D eigenvalue weighted by atomic mass is 10.1. The quantitative estimate of drug-likeness (QED) is 0.561. The summed E-state index contributed by atoms with van der Waals surface area (Å²) in [7, 11) is 0. The van der Waals surface area contributed by atoms with Crippen molar-refractivity contribution in [1.29, 1.82) is 0 Å². The molecule has 0 saturated heterocycles. The summed E-state index contributed by atoms with van der Waals surface area (Å²) in [5, 5.41) is 2.57. The van der Waals surface area contributed by atoms with Crippen molar-refractivity contribution in [3.8, 4) is 0 Å². The summed E-state index contributed by atoms with van der Waals surface area (Å²) in [5.41, 5.74) is 0.525. The highest BCUT2D eigenvalue weighted by Gasteiger charge is 2.30. The van der Waals surface area contributed by atoms with Crippen LogP contribution in [0.15, 0.2) is 54.6 Å². The van der Waals surface area contributed by atoms with Crippen LogP contribution >= 0.6 is 34.7 Å². The van der Waals surface area contributed by atoms with Gasteiger partial charge in [-0.25, -0.2) is 9.18 Å². The van der Waals surface area contributed by atoms with Crippen molar-refractivity contribution in [2.75, 3.05) is 0 Å². The highest BCUT2D eigenvalue weighted by Crippen LogP contribution is 2.31. The molecule has 5 nitrogen and oxygen atoms in total. The maximum Gasteiger partial charge on any atom is 0.360 e. The first kappa shape index (κ1) is 20.3. The smallest absolute Gasteiger partial charge is 0.360 e. The normalized spacial score (nSPS) is 11.7. The van der Waals surface area contributed by atoms with E-state index in [9.17, 15) is 14.0 Å². The van der Waals surface area contributed by atoms with E-state index in [-0.39, 0.29) is 27.2 Å². The van der Waals surface area contributed by atoms with Crippen LogP contribution in [0.1, 0.15) is 27.7 Å². The topological polar surface area (TPSA) is 68.3 Å². The van der Waals surface area contributed by atoms with Gasteiger partial charge in [-0.2, -0.15) is 4.37 Å². The number of nitrogens with zero attached hydrogens (tertiary/aromatic N) is 1. The predicted molar refractivity (Wildman–Crippen MR) is 105 cm³/mol. The van der Waals surface area contributed by atoms with Crippen molar-refractivity contribution in [3.05, 3.63) is 86.6 Å². The van der Waals surface area contributed by atoms with Crippen LogP contribution in [0.25, 0.3) is 0 Å². The molecule has 0 radical (unpaired) electrons. The van der Waals surface area contributed by atoms with Crippen LogP contribution in [0.4, 0.5) is 4.39 Å². The zero-order valence-corrected chi connectivity index (χ0v) is 16.5. The van der Waals surface area contributed by atoms with Crippen LogP contribution in [0.2, 0.25) is 9.36 Å². The highest BCUT2D eigenvalue weighted by atomic mass is 35.5. The number of amides is 1. The second kappa shape index (κ2) is 9.14. The lowest BCUT2D eigenvalue weighted by Gasteiger charge is -2.18. The summed E-state index contributed by atoms with van der Waals surface area (Å²) in [4.78, 5) is 25.1. The van der Waals surface area contributed by atoms with Crippen LogP contribution < -0.4 is 5.32 Å². The fourth-order valence-electron chi connectivity index (χ4n) is 2.37. The van der Waals surface area contributed by atoms with Gasteiger partial charge in [-0.15, -0.1) is 0 Å². The van der Waals surface area contributed by atoms with Gasteiger partial charge < -0.3 is 10.1 Å². The van der Waals surface area contributed by atoms with Crippen LogP contribution in [-0.4, -0.2) is 16.3 Å². The number of esters is 1. The van der Waals surface area contributed by atoms with Gasteiger partial charge in [-0.1, -0.05) is 71.7 Å². The number of carbonyl (C=O) groups is 2. The third-order valence-corrected chi connectivity index (χ3v) is 5.36. The molecule has 0 fully saturated rings. The van der Waals surface area contributed by atoms with Gasteiger partial charge in [-0.05, 0) is 23.2 Å². The Balaban J connectivity index is 1.83. The van der Waals surface area contributed by atoms with E-state index < -0.39 is 23.8 Å². The summed E-state index contributed by atoms with van der Waals surface area (Å²) in [5.74, 6) is -2.34. The number of rotatable bonds is 6. The molecule has 9 heteroatoms. The molecule has 3 aromatic rings. The molecule has 2 aromatic carbocycles. The molecule has 0 saturated carbocycles. The Bertz CT molecular complexity index is 998. The Hall–Kier alpha value is -2.48. The van der Waals surface area contributed by atoms with Crippen LogP contribution in [-0.2, 0) is 16.1 Å². The summed E-state index contributed by atoms with van der Waals surface area (Å²) >= 11 is 12.5. The number of benzene rings is 2. The Kier molecular flexibility index (Phi) is 6.61. The monoisotopic (exact) mass is 438 g/mol. The minimum atomic E-state index is -1.52. The molecule has 0 bridgehead atoms. The van der Waals surface area contributed by atoms with Gasteiger partial charge in [0.05, 0.1) is 0 Å². The maximum atomic E-state index is 14.3. The van der Waals surface area contributed by atoms with E-state index in [4.69, 9.17) is 27.9 Å². The molecule has 1 heterocycles. The lowest BCUT2D eigenvalue weighted by Crippen LogP contribution is -2.32. The Labute approximate surface area is 174 Å². The van der Waals surface area contributed by atoms with E-state index in [1.807, 2.05) is 30.3 Å². The third kappa shape index (κ3) is 4.67. The van der Waals surface area contributed by atoms with Crippen LogP contribution in [0, 0.1) is 5.82 Å². The molecule has 0 aliphatic rings. The molecule has 0 aliphatic carbocycles. The second-order valence-corrected chi connectivity index (χ2v) is 7.38. The third-order valence-electron chi connectivity index (χ3n) is 3.75. The molecular weight excluding hydrogens is 426 g/mol. The Morgan fingerprint density at radius 2 is 1.79 bits per heavy atom. The molecule has 1 aromatic heterocycles. The summed E-state index contributed by atoms with van der Waals surface area (Å²) in [6, 6.07) is 14.7. The average Bonchev–Trinajstić information content (AvgIpc) is 3.04. The van der Waals surface area contributed by atoms with E-state index >= 15 is 0 Å². The molecule has 0 spiro atoms. The van der Waals surface area contributed by atoms with Gasteiger partial charge in [0, 0.05) is 12.1 Å². The van der Waals surface area contributed by atoms with E-state index in [2.05, 4.69) is 9.69 Å². The van der Waals surface area contributed by atoms with Crippen molar-refractivity contribution < 1.29 is 18.7 Å². The number of halogens is 3. The second-order valence-electron chi connectivity index (χ2n) is 5.63. The van der Waals surface area contributed by atoms with Gasteiger partial charge in [0.25, 0.3) is 5.91 Å². The first-order valence-corrected chi connectivity index (χ1v) is 9.58. The van der Waals surface area contributed by atoms with Gasteiger partial charge in [0.2, 0.25) is 6.10 Å². The zero-order valence-electron chi connectivity index (χ0n) is 14.2. The molecule has 1 N–H and O–H groups in total. The molecular formula is C19H13Cl2FN2O3S. The predicted octanol–water partition coefficient (Wildman–Crippen LogP) is 4.80. The molecule has 1 atom stereocenters. The average molecular weight is 439 g/mol. The standard InChI is InChI=1S/C19H13Cl2FN2O3S/c20-14-15(24-28-17(14)21)19(26)27-16(12-8-4-5-9-13(12)22)18(25)23-10-11-6-2-1-3-7-11/h1-9,16H,10H2,(H,23,25)/t16-/m0/s1. The van der Waals surface area contributed by atoms with E-state index in [1.165, 1.54) is 24.3 Å². The maximum absolute atomic E-state index is 14.3. The SMILES string of the molecule is O=C(O[C@H](C(=O)NCc1ccccc1)c1ccccc1F)c1nsc(Cl)c1Cl. The number of nitrogens with one attached hydrogen (secondary N) is 1. The fourth-order valence-corrected chi connectivity index (χ4v) is 3.35. The van der Waals surface area contributed by atoms with Gasteiger partial charge in [0.15, 0.2) is 5.69 Å². The van der Waals surface area contributed by atoms with Gasteiger partial charge >= 0.3 is 5.97 Å². The summed E-state index contributed by atoms with van der Waals surface area (Å²) in [6.45, 7) is 0.186. The zero-order chi connectivity index (χ0) is 20.1. The van der Waals surface area contributed by atoms with Gasteiger partial charge in [-0.3, -0.25) is 4.79 Å². The largest absolute Gasteiger partial charge is 0.442 e. The number of aromatic nitrogens is 1. The van der Waals surface area contributed by atoms with Crippen molar-refractivity contribution in [2.24, 2.45) is 0 Å². The molecule has 28 heavy (non-hydrogen) atoms. The lowest BCUT2D eigenvalue weighted by molar-refractivity contribution is -0.130. The molecule has 0 aliphatic heterocycles. The molecule has 1 amide bonds. The molecule has 144 valence electrons. The van der Waals surface area contributed by atoms with Crippen molar-refractivity contribution >= 4 is 46.6 Å². The Morgan fingerprint density at radius 1 is 1.11 bits per heavy atom. The molecule has 0 unspecified atom stereocenters. The minimum absolute atomic E-state index is 0.0753. The number of ether oxygens (including phenoxy) is 1. The summed E-state index contributed by atoms with van der Waals surface area (Å²) < 4.78 is 23.5. The molecule has 3 rings (SSSR count). The van der Waals surface area contributed by atoms with E-state index in [0.29, 0.717) is 0 Å². The van der Waals surface area contributed by atoms with Crippen molar-refractivity contribution in [3.63, 3.8) is 0 Å².